The molecular formula is C17H21N3O2. The molecule has 2 aromatic heterocycles. The van der Waals surface area contributed by atoms with Crippen LogP contribution in [0.3, 0.4) is 0 Å². The maximum atomic E-state index is 12.2. The third-order valence-electron chi connectivity index (χ3n) is 3.32. The molecule has 22 heavy (non-hydrogen) atoms. The molecule has 0 aliphatic carbocycles. The van der Waals surface area contributed by atoms with Crippen LogP contribution in [0, 0.1) is 5.41 Å². The van der Waals surface area contributed by atoms with Crippen LogP contribution in [0.4, 0.5) is 5.82 Å². The van der Waals surface area contributed by atoms with Gasteiger partial charge in [-0.05, 0) is 30.0 Å². The highest BCUT2D eigenvalue weighted by molar-refractivity contribution is 5.84. The van der Waals surface area contributed by atoms with Gasteiger partial charge in [0.15, 0.2) is 5.54 Å². The summed E-state index contributed by atoms with van der Waals surface area (Å²) in [5.74, 6) is -0.418. The van der Waals surface area contributed by atoms with Crippen LogP contribution in [0.25, 0.3) is 0 Å². The van der Waals surface area contributed by atoms with Gasteiger partial charge in [-0.2, -0.15) is 0 Å². The van der Waals surface area contributed by atoms with Crippen molar-refractivity contribution in [3.63, 3.8) is 0 Å². The van der Waals surface area contributed by atoms with Gasteiger partial charge in [-0.15, -0.1) is 0 Å². The standard InChI is InChI=1S/C17H21N3O2/c1-16(2,3)12-17(15(21)22,13-7-6-9-18-11-13)20-14-8-4-5-10-19-14/h4-11H,12H2,1-3H3,(H,19,20)(H,21,22). The van der Waals surface area contributed by atoms with Crippen molar-refractivity contribution in [1.29, 1.82) is 0 Å². The van der Waals surface area contributed by atoms with E-state index in [9.17, 15) is 9.90 Å². The Morgan fingerprint density at radius 2 is 1.95 bits per heavy atom. The molecule has 2 rings (SSSR count). The normalized spacial score (nSPS) is 14.1. The van der Waals surface area contributed by atoms with Crippen LogP contribution >= 0.6 is 0 Å². The van der Waals surface area contributed by atoms with Crippen LogP contribution in [-0.4, -0.2) is 21.0 Å². The maximum absolute atomic E-state index is 12.2. The summed E-state index contributed by atoms with van der Waals surface area (Å²) in [5, 5.41) is 13.1. The minimum Gasteiger partial charge on any atom is -0.479 e. The van der Waals surface area contributed by atoms with Crippen molar-refractivity contribution < 1.29 is 9.90 Å². The highest BCUT2D eigenvalue weighted by Crippen LogP contribution is 2.37. The number of rotatable bonds is 5. The van der Waals surface area contributed by atoms with Crippen molar-refractivity contribution in [3.05, 3.63) is 54.5 Å². The van der Waals surface area contributed by atoms with E-state index < -0.39 is 11.5 Å². The first kappa shape index (κ1) is 15.9. The first-order valence-electron chi connectivity index (χ1n) is 7.17. The lowest BCUT2D eigenvalue weighted by Crippen LogP contribution is -2.46. The van der Waals surface area contributed by atoms with Gasteiger partial charge in [0.25, 0.3) is 0 Å². The molecule has 0 amide bonds. The predicted molar refractivity (Wildman–Crippen MR) is 85.5 cm³/mol. The second-order valence-corrected chi connectivity index (χ2v) is 6.53. The van der Waals surface area contributed by atoms with E-state index in [4.69, 9.17) is 0 Å². The zero-order valence-corrected chi connectivity index (χ0v) is 13.1. The number of hydrogen-bond donors (Lipinski definition) is 2. The van der Waals surface area contributed by atoms with Gasteiger partial charge < -0.3 is 10.4 Å². The molecule has 0 aromatic carbocycles. The lowest BCUT2D eigenvalue weighted by Gasteiger charge is -2.36. The van der Waals surface area contributed by atoms with E-state index in [-0.39, 0.29) is 5.41 Å². The van der Waals surface area contributed by atoms with Gasteiger partial charge in [-0.25, -0.2) is 9.78 Å². The summed E-state index contributed by atoms with van der Waals surface area (Å²) in [4.78, 5) is 20.5. The van der Waals surface area contributed by atoms with Crippen molar-refractivity contribution in [3.8, 4) is 0 Å². The Morgan fingerprint density at radius 3 is 2.45 bits per heavy atom. The van der Waals surface area contributed by atoms with Gasteiger partial charge in [0, 0.05) is 24.2 Å². The van der Waals surface area contributed by atoms with Gasteiger partial charge in [-0.3, -0.25) is 4.98 Å². The topological polar surface area (TPSA) is 75.1 Å². The summed E-state index contributed by atoms with van der Waals surface area (Å²) in [5.41, 5.74) is -0.861. The van der Waals surface area contributed by atoms with Crippen LogP contribution in [0.15, 0.2) is 48.9 Å². The summed E-state index contributed by atoms with van der Waals surface area (Å²) < 4.78 is 0. The van der Waals surface area contributed by atoms with Crippen molar-refractivity contribution >= 4 is 11.8 Å². The van der Waals surface area contributed by atoms with Crippen LogP contribution in [0.2, 0.25) is 0 Å². The summed E-state index contributed by atoms with van der Waals surface area (Å²) >= 11 is 0. The number of carboxylic acids is 1. The summed E-state index contributed by atoms with van der Waals surface area (Å²) in [7, 11) is 0. The third kappa shape index (κ3) is 3.61. The predicted octanol–water partition coefficient (Wildman–Crippen LogP) is 3.30. The molecule has 116 valence electrons. The number of carbonyl (C=O) groups is 1. The second kappa shape index (κ2) is 6.13. The fourth-order valence-electron chi connectivity index (χ4n) is 2.54. The molecule has 0 saturated carbocycles. The molecule has 0 radical (unpaired) electrons. The Kier molecular flexibility index (Phi) is 4.45. The van der Waals surface area contributed by atoms with Gasteiger partial charge in [0.05, 0.1) is 0 Å². The summed E-state index contributed by atoms with van der Waals surface area (Å²) in [6.07, 6.45) is 5.26. The van der Waals surface area contributed by atoms with Gasteiger partial charge in [0.1, 0.15) is 5.82 Å². The fraction of sp³-hybridized carbons (Fsp3) is 0.353. The van der Waals surface area contributed by atoms with E-state index in [1.807, 2.05) is 26.8 Å². The lowest BCUT2D eigenvalue weighted by molar-refractivity contribution is -0.144. The Labute approximate surface area is 130 Å². The Hall–Kier alpha value is -2.43. The van der Waals surface area contributed by atoms with Crippen molar-refractivity contribution in [1.82, 2.24) is 9.97 Å². The number of nitrogens with one attached hydrogen (secondary N) is 1. The monoisotopic (exact) mass is 299 g/mol. The SMILES string of the molecule is CC(C)(C)CC(Nc1ccccn1)(C(=O)O)c1cccnc1. The number of aliphatic carboxylic acids is 1. The largest absolute Gasteiger partial charge is 0.479 e. The molecule has 5 heteroatoms. The van der Waals surface area contributed by atoms with Crippen molar-refractivity contribution in [2.75, 3.05) is 5.32 Å². The van der Waals surface area contributed by atoms with E-state index in [2.05, 4.69) is 15.3 Å². The number of anilines is 1. The average Bonchev–Trinajstić information content (AvgIpc) is 2.47. The Bertz CT molecular complexity index is 623. The molecule has 0 saturated heterocycles. The number of nitrogens with zero attached hydrogens (tertiary/aromatic N) is 2. The highest BCUT2D eigenvalue weighted by Gasteiger charge is 2.44. The zero-order valence-electron chi connectivity index (χ0n) is 13.1. The number of aromatic nitrogens is 2. The van der Waals surface area contributed by atoms with Gasteiger partial charge in [-0.1, -0.05) is 32.9 Å². The van der Waals surface area contributed by atoms with Crippen LogP contribution in [0.5, 0.6) is 0 Å². The first-order valence-corrected chi connectivity index (χ1v) is 7.17. The summed E-state index contributed by atoms with van der Waals surface area (Å²) in [6, 6.07) is 8.90. The molecular weight excluding hydrogens is 278 g/mol. The highest BCUT2D eigenvalue weighted by atomic mass is 16.4. The molecule has 2 N–H and O–H groups in total. The smallest absolute Gasteiger partial charge is 0.334 e. The molecule has 1 unspecified atom stereocenters. The van der Waals surface area contributed by atoms with Crippen molar-refractivity contribution in [2.24, 2.45) is 5.41 Å². The number of hydrogen-bond acceptors (Lipinski definition) is 4. The van der Waals surface area contributed by atoms with Crippen LogP contribution in [-0.2, 0) is 10.3 Å². The van der Waals surface area contributed by atoms with Gasteiger partial charge >= 0.3 is 5.97 Å². The average molecular weight is 299 g/mol. The zero-order chi connectivity index (χ0) is 16.2. The molecule has 5 nitrogen and oxygen atoms in total. The van der Waals surface area contributed by atoms with E-state index in [1.54, 1.807) is 42.9 Å². The fourth-order valence-corrected chi connectivity index (χ4v) is 2.54. The summed E-state index contributed by atoms with van der Waals surface area (Å²) in [6.45, 7) is 6.05. The Balaban J connectivity index is 2.53. The van der Waals surface area contributed by atoms with E-state index in [0.29, 0.717) is 17.8 Å². The quantitative estimate of drug-likeness (QED) is 0.886. The van der Waals surface area contributed by atoms with Crippen molar-refractivity contribution in [2.45, 2.75) is 32.7 Å². The molecule has 0 bridgehead atoms. The molecule has 1 atom stereocenters. The molecule has 0 aliphatic heterocycles. The molecule has 0 spiro atoms. The molecule has 0 fully saturated rings. The van der Waals surface area contributed by atoms with Gasteiger partial charge in [0.2, 0.25) is 0 Å². The minimum absolute atomic E-state index is 0.198. The van der Waals surface area contributed by atoms with Crippen LogP contribution < -0.4 is 5.32 Å². The molecule has 0 aliphatic rings. The minimum atomic E-state index is -1.28. The van der Waals surface area contributed by atoms with E-state index >= 15 is 0 Å². The molecule has 2 heterocycles. The maximum Gasteiger partial charge on any atom is 0.334 e. The molecule has 2 aromatic rings. The third-order valence-corrected chi connectivity index (χ3v) is 3.32. The lowest BCUT2D eigenvalue weighted by atomic mass is 9.76. The number of pyridine rings is 2. The van der Waals surface area contributed by atoms with E-state index in [0.717, 1.165) is 0 Å². The number of carboxylic acid groups (broad SMARTS) is 1. The van der Waals surface area contributed by atoms with E-state index in [1.165, 1.54) is 0 Å². The second-order valence-electron chi connectivity index (χ2n) is 6.53. The first-order chi connectivity index (χ1) is 10.3. The Morgan fingerprint density at radius 1 is 1.18 bits per heavy atom. The van der Waals surface area contributed by atoms with Crippen LogP contribution in [0.1, 0.15) is 32.8 Å².